The molecule has 0 spiro atoms. The number of fused-ring (bicyclic) bond motifs is 1. The summed E-state index contributed by atoms with van der Waals surface area (Å²) in [6, 6.07) is 6.26. The van der Waals surface area contributed by atoms with Crippen LogP contribution in [0.4, 0.5) is 23.7 Å². The molecule has 0 aromatic heterocycles. The van der Waals surface area contributed by atoms with Crippen LogP contribution in [0.2, 0.25) is 0 Å². The van der Waals surface area contributed by atoms with E-state index in [4.69, 9.17) is 4.74 Å². The zero-order chi connectivity index (χ0) is 20.1. The van der Waals surface area contributed by atoms with Crippen molar-refractivity contribution < 1.29 is 27.5 Å². The molecule has 0 aliphatic carbocycles. The van der Waals surface area contributed by atoms with Crippen LogP contribution in [-0.2, 0) is 4.79 Å². The van der Waals surface area contributed by atoms with Crippen molar-refractivity contribution in [3.63, 3.8) is 0 Å². The maximum atomic E-state index is 12.3. The number of nitrogens with one attached hydrogen (secondary N) is 3. The quantitative estimate of drug-likeness (QED) is 0.448. The normalized spacial score (nSPS) is 23.7. The fourth-order valence-corrected chi connectivity index (χ4v) is 4.89. The maximum Gasteiger partial charge on any atom is 0.422 e. The molecule has 10 heteroatoms. The second kappa shape index (κ2) is 8.93. The number of benzene rings is 1. The van der Waals surface area contributed by atoms with Gasteiger partial charge in [0, 0.05) is 17.4 Å². The van der Waals surface area contributed by atoms with Gasteiger partial charge in [0.05, 0.1) is 17.8 Å². The van der Waals surface area contributed by atoms with Gasteiger partial charge < -0.3 is 20.7 Å². The number of carbonyl (C=O) groups is 2. The minimum Gasteiger partial charge on any atom is -0.482 e. The van der Waals surface area contributed by atoms with Gasteiger partial charge >= 0.3 is 12.2 Å². The second-order valence-electron chi connectivity index (χ2n) is 6.82. The van der Waals surface area contributed by atoms with E-state index in [1.165, 1.54) is 12.1 Å². The molecule has 0 unspecified atom stereocenters. The zero-order valence-electron chi connectivity index (χ0n) is 15.1. The van der Waals surface area contributed by atoms with Gasteiger partial charge in [-0.3, -0.25) is 4.79 Å². The molecular weight excluding hydrogens is 395 g/mol. The topological polar surface area (TPSA) is 79.5 Å². The lowest BCUT2D eigenvalue weighted by atomic mass is 10.0. The minimum absolute atomic E-state index is 0.00829. The number of para-hydroxylation sites is 2. The summed E-state index contributed by atoms with van der Waals surface area (Å²) in [6.45, 7) is -1.41. The third kappa shape index (κ3) is 5.70. The van der Waals surface area contributed by atoms with Crippen molar-refractivity contribution in [2.45, 2.75) is 49.2 Å². The molecular formula is C18H22F3N3O3S. The summed E-state index contributed by atoms with van der Waals surface area (Å²) in [6.07, 6.45) is -1.79. The SMILES string of the molecule is O=C(CCCC[C@@H]1SC[C@@H]2NC(=O)N[C@@H]21)Nc1ccccc1OCC(F)(F)F. The number of alkyl halides is 3. The van der Waals surface area contributed by atoms with Crippen molar-refractivity contribution in [1.82, 2.24) is 10.6 Å². The number of halogens is 3. The number of thioether (sulfide) groups is 1. The van der Waals surface area contributed by atoms with E-state index in [1.54, 1.807) is 12.1 Å². The van der Waals surface area contributed by atoms with Crippen molar-refractivity contribution in [2.24, 2.45) is 0 Å². The molecule has 0 saturated carbocycles. The first-order valence-electron chi connectivity index (χ1n) is 9.09. The second-order valence-corrected chi connectivity index (χ2v) is 8.09. The molecule has 2 aliphatic rings. The minimum atomic E-state index is -4.44. The Morgan fingerprint density at radius 3 is 2.82 bits per heavy atom. The number of hydrogen-bond acceptors (Lipinski definition) is 4. The number of ether oxygens (including phenoxy) is 1. The Balaban J connectivity index is 1.40. The molecule has 3 atom stereocenters. The number of urea groups is 1. The zero-order valence-corrected chi connectivity index (χ0v) is 15.9. The highest BCUT2D eigenvalue weighted by Gasteiger charge is 2.42. The molecule has 2 saturated heterocycles. The fraction of sp³-hybridized carbons (Fsp3) is 0.556. The molecule has 0 bridgehead atoms. The largest absolute Gasteiger partial charge is 0.482 e. The highest BCUT2D eigenvalue weighted by Crippen LogP contribution is 2.33. The van der Waals surface area contributed by atoms with Crippen LogP contribution in [-0.4, -0.2) is 47.8 Å². The van der Waals surface area contributed by atoms with Gasteiger partial charge in [-0.15, -0.1) is 0 Å². The standard InChI is InChI=1S/C18H22F3N3O3S/c19-18(20,21)10-27-13-6-2-1-5-11(13)22-15(25)8-4-3-7-14-16-12(9-28-14)23-17(26)24-16/h1-2,5-6,12,14,16H,3-4,7-10H2,(H,22,25)(H2,23,24,26)/t12-,14-,16-/m0/s1. The lowest BCUT2D eigenvalue weighted by molar-refractivity contribution is -0.153. The monoisotopic (exact) mass is 417 g/mol. The molecule has 1 aromatic carbocycles. The lowest BCUT2D eigenvalue weighted by Gasteiger charge is -2.16. The van der Waals surface area contributed by atoms with Crippen LogP contribution in [0.1, 0.15) is 25.7 Å². The maximum absolute atomic E-state index is 12.3. The molecule has 3 amide bonds. The van der Waals surface area contributed by atoms with E-state index >= 15 is 0 Å². The lowest BCUT2D eigenvalue weighted by Crippen LogP contribution is -2.36. The van der Waals surface area contributed by atoms with Gasteiger partial charge in [-0.1, -0.05) is 18.6 Å². The first-order chi connectivity index (χ1) is 13.3. The van der Waals surface area contributed by atoms with Crippen LogP contribution < -0.4 is 20.7 Å². The van der Waals surface area contributed by atoms with E-state index in [1.807, 2.05) is 11.8 Å². The number of hydrogen-bond donors (Lipinski definition) is 3. The highest BCUT2D eigenvalue weighted by molar-refractivity contribution is 8.00. The fourth-order valence-electron chi connectivity index (χ4n) is 3.34. The smallest absolute Gasteiger partial charge is 0.422 e. The number of rotatable bonds is 8. The Morgan fingerprint density at radius 1 is 1.25 bits per heavy atom. The summed E-state index contributed by atoms with van der Waals surface area (Å²) < 4.78 is 41.8. The summed E-state index contributed by atoms with van der Waals surface area (Å²) in [5.41, 5.74) is 0.227. The van der Waals surface area contributed by atoms with E-state index in [9.17, 15) is 22.8 Å². The Bertz CT molecular complexity index is 717. The summed E-state index contributed by atoms with van der Waals surface area (Å²) in [4.78, 5) is 23.5. The van der Waals surface area contributed by atoms with E-state index in [0.29, 0.717) is 11.7 Å². The molecule has 0 radical (unpaired) electrons. The van der Waals surface area contributed by atoms with E-state index in [-0.39, 0.29) is 41.9 Å². The van der Waals surface area contributed by atoms with Gasteiger partial charge in [0.15, 0.2) is 6.61 Å². The van der Waals surface area contributed by atoms with Gasteiger partial charge in [-0.25, -0.2) is 4.79 Å². The molecule has 6 nitrogen and oxygen atoms in total. The van der Waals surface area contributed by atoms with Gasteiger partial charge in [0.2, 0.25) is 5.91 Å². The number of unbranched alkanes of at least 4 members (excludes halogenated alkanes) is 1. The first-order valence-corrected chi connectivity index (χ1v) is 10.1. The molecule has 2 aliphatic heterocycles. The Labute approximate surface area is 165 Å². The van der Waals surface area contributed by atoms with E-state index in [2.05, 4.69) is 16.0 Å². The van der Waals surface area contributed by atoms with Crippen molar-refractivity contribution in [2.75, 3.05) is 17.7 Å². The number of amides is 3. The highest BCUT2D eigenvalue weighted by atomic mass is 32.2. The molecule has 28 heavy (non-hydrogen) atoms. The van der Waals surface area contributed by atoms with Crippen LogP contribution >= 0.6 is 11.8 Å². The molecule has 2 fully saturated rings. The van der Waals surface area contributed by atoms with Gasteiger partial charge in [0.25, 0.3) is 0 Å². The summed E-state index contributed by atoms with van der Waals surface area (Å²) in [5.74, 6) is 0.616. The summed E-state index contributed by atoms with van der Waals surface area (Å²) >= 11 is 1.82. The Kier molecular flexibility index (Phi) is 6.58. The van der Waals surface area contributed by atoms with Gasteiger partial charge in [-0.05, 0) is 25.0 Å². The molecule has 2 heterocycles. The Hall–Kier alpha value is -2.10. The van der Waals surface area contributed by atoms with E-state index < -0.39 is 12.8 Å². The summed E-state index contributed by atoms with van der Waals surface area (Å²) in [7, 11) is 0. The molecule has 3 rings (SSSR count). The molecule has 1 aromatic rings. The van der Waals surface area contributed by atoms with E-state index in [0.717, 1.165) is 18.6 Å². The van der Waals surface area contributed by atoms with Crippen LogP contribution in [0.15, 0.2) is 24.3 Å². The van der Waals surface area contributed by atoms with Crippen molar-refractivity contribution in [3.05, 3.63) is 24.3 Å². The van der Waals surface area contributed by atoms with Crippen molar-refractivity contribution in [1.29, 1.82) is 0 Å². The van der Waals surface area contributed by atoms with Gasteiger partial charge in [0.1, 0.15) is 5.75 Å². The van der Waals surface area contributed by atoms with Crippen molar-refractivity contribution in [3.8, 4) is 5.75 Å². The average molecular weight is 417 g/mol. The Morgan fingerprint density at radius 2 is 2.04 bits per heavy atom. The predicted octanol–water partition coefficient (Wildman–Crippen LogP) is 3.29. The number of carbonyl (C=O) groups excluding carboxylic acids is 2. The van der Waals surface area contributed by atoms with Crippen LogP contribution in [0, 0.1) is 0 Å². The van der Waals surface area contributed by atoms with Crippen LogP contribution in [0.5, 0.6) is 5.75 Å². The third-order valence-electron chi connectivity index (χ3n) is 4.63. The average Bonchev–Trinajstić information content (AvgIpc) is 3.17. The van der Waals surface area contributed by atoms with Crippen LogP contribution in [0.3, 0.4) is 0 Å². The molecule has 3 N–H and O–H groups in total. The first kappa shape index (κ1) is 20.6. The van der Waals surface area contributed by atoms with Gasteiger partial charge in [-0.2, -0.15) is 24.9 Å². The van der Waals surface area contributed by atoms with Crippen molar-refractivity contribution >= 4 is 29.4 Å². The predicted molar refractivity (Wildman–Crippen MR) is 101 cm³/mol. The number of anilines is 1. The third-order valence-corrected chi connectivity index (χ3v) is 6.14. The van der Waals surface area contributed by atoms with Crippen LogP contribution in [0.25, 0.3) is 0 Å². The molecule has 154 valence electrons. The summed E-state index contributed by atoms with van der Waals surface area (Å²) in [5, 5.41) is 8.77.